The van der Waals surface area contributed by atoms with Gasteiger partial charge in [0.15, 0.2) is 5.96 Å². The highest BCUT2D eigenvalue weighted by Crippen LogP contribution is 2.23. The summed E-state index contributed by atoms with van der Waals surface area (Å²) in [6.45, 7) is 7.56. The van der Waals surface area contributed by atoms with Gasteiger partial charge < -0.3 is 25.2 Å². The van der Waals surface area contributed by atoms with Crippen molar-refractivity contribution < 1.29 is 9.53 Å². The van der Waals surface area contributed by atoms with E-state index in [2.05, 4.69) is 51.7 Å². The number of amides is 1. The quantitative estimate of drug-likeness (QED) is 0.345. The number of guanidine groups is 1. The monoisotopic (exact) mass is 515 g/mol. The Morgan fingerprint density at radius 1 is 1.17 bits per heavy atom. The SMILES string of the molecule is CN=C(NCCC(=O)N1CCN(c2ccccc2)CC1)NCC1(C)CCCO1.I. The van der Waals surface area contributed by atoms with Crippen LogP contribution >= 0.6 is 24.0 Å². The number of piperazine rings is 1. The fourth-order valence-electron chi connectivity index (χ4n) is 3.77. The largest absolute Gasteiger partial charge is 0.373 e. The molecule has 2 aliphatic rings. The molecule has 2 N–H and O–H groups in total. The van der Waals surface area contributed by atoms with Crippen LogP contribution in [0.5, 0.6) is 0 Å². The molecule has 8 heteroatoms. The highest BCUT2D eigenvalue weighted by atomic mass is 127. The van der Waals surface area contributed by atoms with Crippen LogP contribution in [0, 0.1) is 0 Å². The molecule has 2 fully saturated rings. The molecule has 2 heterocycles. The number of nitrogens with zero attached hydrogens (tertiary/aromatic N) is 3. The van der Waals surface area contributed by atoms with Gasteiger partial charge in [0.2, 0.25) is 5.91 Å². The average molecular weight is 515 g/mol. The van der Waals surface area contributed by atoms with E-state index in [1.54, 1.807) is 7.05 Å². The van der Waals surface area contributed by atoms with Crippen LogP contribution in [0.1, 0.15) is 26.2 Å². The average Bonchev–Trinajstić information content (AvgIpc) is 3.18. The number of hydrogen-bond donors (Lipinski definition) is 2. The third kappa shape index (κ3) is 7.02. The maximum Gasteiger partial charge on any atom is 0.224 e. The fraction of sp³-hybridized carbons (Fsp3) is 0.619. The van der Waals surface area contributed by atoms with Crippen LogP contribution in [-0.4, -0.2) is 75.3 Å². The van der Waals surface area contributed by atoms with Crippen molar-refractivity contribution in [2.24, 2.45) is 4.99 Å². The molecule has 1 atom stereocenters. The second-order valence-corrected chi connectivity index (χ2v) is 7.71. The van der Waals surface area contributed by atoms with Gasteiger partial charge in [-0.05, 0) is 31.9 Å². The molecule has 1 unspecified atom stereocenters. The first-order chi connectivity index (χ1) is 13.6. The van der Waals surface area contributed by atoms with Gasteiger partial charge in [0, 0.05) is 65.0 Å². The van der Waals surface area contributed by atoms with Crippen LogP contribution in [-0.2, 0) is 9.53 Å². The van der Waals surface area contributed by atoms with Crippen molar-refractivity contribution in [1.29, 1.82) is 0 Å². The summed E-state index contributed by atoms with van der Waals surface area (Å²) < 4.78 is 5.79. The Kier molecular flexibility index (Phi) is 9.48. The maximum absolute atomic E-state index is 12.5. The number of hydrogen-bond acceptors (Lipinski definition) is 4. The third-order valence-electron chi connectivity index (χ3n) is 5.54. The minimum Gasteiger partial charge on any atom is -0.373 e. The molecule has 2 saturated heterocycles. The molecular formula is C21H34IN5O2. The summed E-state index contributed by atoms with van der Waals surface area (Å²) in [6.07, 6.45) is 2.64. The molecule has 29 heavy (non-hydrogen) atoms. The van der Waals surface area contributed by atoms with Crippen LogP contribution < -0.4 is 15.5 Å². The normalized spacial score (nSPS) is 22.2. The number of rotatable bonds is 6. The summed E-state index contributed by atoms with van der Waals surface area (Å²) in [4.78, 5) is 21.1. The van der Waals surface area contributed by atoms with Gasteiger partial charge in [0.1, 0.15) is 0 Å². The lowest BCUT2D eigenvalue weighted by Gasteiger charge is -2.36. The minimum absolute atomic E-state index is 0. The van der Waals surface area contributed by atoms with Crippen molar-refractivity contribution in [3.63, 3.8) is 0 Å². The van der Waals surface area contributed by atoms with Gasteiger partial charge in [0.05, 0.1) is 5.60 Å². The molecule has 1 aromatic carbocycles. The number of para-hydroxylation sites is 1. The Bertz CT molecular complexity index is 656. The third-order valence-corrected chi connectivity index (χ3v) is 5.54. The minimum atomic E-state index is -0.119. The standard InChI is InChI=1S/C21H33N5O2.HI/c1-21(10-6-16-28-21)17-24-20(22-2)23-11-9-19(27)26-14-12-25(13-15-26)18-7-4-3-5-8-18;/h3-5,7-8H,6,9-17H2,1-2H3,(H2,22,23,24);1H. The zero-order valence-corrected chi connectivity index (χ0v) is 19.9. The number of anilines is 1. The van der Waals surface area contributed by atoms with E-state index >= 15 is 0 Å². The molecule has 0 aliphatic carbocycles. The lowest BCUT2D eigenvalue weighted by molar-refractivity contribution is -0.131. The number of carbonyl (C=O) groups is 1. The molecule has 0 aromatic heterocycles. The Balaban J connectivity index is 0.00000300. The second kappa shape index (κ2) is 11.6. The first-order valence-electron chi connectivity index (χ1n) is 10.3. The van der Waals surface area contributed by atoms with E-state index in [4.69, 9.17) is 4.74 Å². The molecule has 0 spiro atoms. The molecule has 0 bridgehead atoms. The number of aliphatic imine (C=N–C) groups is 1. The van der Waals surface area contributed by atoms with E-state index in [0.29, 0.717) is 13.0 Å². The number of halogens is 1. The van der Waals surface area contributed by atoms with Crippen molar-refractivity contribution in [1.82, 2.24) is 15.5 Å². The molecule has 3 rings (SSSR count). The maximum atomic E-state index is 12.5. The van der Waals surface area contributed by atoms with E-state index in [1.165, 1.54) is 5.69 Å². The van der Waals surface area contributed by atoms with Crippen molar-refractivity contribution in [2.75, 3.05) is 57.8 Å². The van der Waals surface area contributed by atoms with Crippen molar-refractivity contribution in [3.8, 4) is 0 Å². The molecule has 0 saturated carbocycles. The molecule has 1 aromatic rings. The molecular weight excluding hydrogens is 481 g/mol. The van der Waals surface area contributed by atoms with E-state index in [-0.39, 0.29) is 35.5 Å². The van der Waals surface area contributed by atoms with Crippen LogP contribution in [0.3, 0.4) is 0 Å². The lowest BCUT2D eigenvalue weighted by atomic mass is 10.0. The summed E-state index contributed by atoms with van der Waals surface area (Å²) >= 11 is 0. The Morgan fingerprint density at radius 2 is 1.90 bits per heavy atom. The van der Waals surface area contributed by atoms with Gasteiger partial charge >= 0.3 is 0 Å². The molecule has 162 valence electrons. The first kappa shape index (κ1) is 23.7. The van der Waals surface area contributed by atoms with Crippen LogP contribution in [0.2, 0.25) is 0 Å². The predicted molar refractivity (Wildman–Crippen MR) is 128 cm³/mol. The highest BCUT2D eigenvalue weighted by molar-refractivity contribution is 14.0. The number of carbonyl (C=O) groups excluding carboxylic acids is 1. The van der Waals surface area contributed by atoms with Crippen LogP contribution in [0.4, 0.5) is 5.69 Å². The number of benzene rings is 1. The van der Waals surface area contributed by atoms with Crippen molar-refractivity contribution in [3.05, 3.63) is 30.3 Å². The van der Waals surface area contributed by atoms with Gasteiger partial charge in [-0.3, -0.25) is 9.79 Å². The number of ether oxygens (including phenoxy) is 1. The molecule has 0 radical (unpaired) electrons. The van der Waals surface area contributed by atoms with Crippen molar-refractivity contribution in [2.45, 2.75) is 31.8 Å². The van der Waals surface area contributed by atoms with Gasteiger partial charge in [-0.25, -0.2) is 0 Å². The Labute approximate surface area is 191 Å². The van der Waals surface area contributed by atoms with Crippen LogP contribution in [0.25, 0.3) is 0 Å². The van der Waals surface area contributed by atoms with Gasteiger partial charge in [-0.15, -0.1) is 24.0 Å². The first-order valence-corrected chi connectivity index (χ1v) is 10.3. The molecule has 2 aliphatic heterocycles. The summed E-state index contributed by atoms with van der Waals surface area (Å²) in [5, 5.41) is 6.55. The Hall–Kier alpha value is -1.55. The summed E-state index contributed by atoms with van der Waals surface area (Å²) in [5.74, 6) is 0.917. The zero-order valence-electron chi connectivity index (χ0n) is 17.5. The van der Waals surface area contributed by atoms with Crippen molar-refractivity contribution >= 4 is 41.5 Å². The molecule has 1 amide bonds. The smallest absolute Gasteiger partial charge is 0.224 e. The fourth-order valence-corrected chi connectivity index (χ4v) is 3.77. The predicted octanol–water partition coefficient (Wildman–Crippen LogP) is 2.08. The topological polar surface area (TPSA) is 69.2 Å². The van der Waals surface area contributed by atoms with E-state index in [9.17, 15) is 4.79 Å². The van der Waals surface area contributed by atoms with E-state index < -0.39 is 0 Å². The zero-order chi connectivity index (χ0) is 19.8. The second-order valence-electron chi connectivity index (χ2n) is 7.71. The van der Waals surface area contributed by atoms with E-state index in [1.807, 2.05) is 11.0 Å². The molecule has 7 nitrogen and oxygen atoms in total. The van der Waals surface area contributed by atoms with Gasteiger partial charge in [-0.2, -0.15) is 0 Å². The highest BCUT2D eigenvalue weighted by Gasteiger charge is 2.29. The van der Waals surface area contributed by atoms with Gasteiger partial charge in [-0.1, -0.05) is 18.2 Å². The summed E-state index contributed by atoms with van der Waals surface area (Å²) in [5.41, 5.74) is 1.11. The summed E-state index contributed by atoms with van der Waals surface area (Å²) in [6, 6.07) is 10.4. The lowest BCUT2D eigenvalue weighted by Crippen LogP contribution is -2.50. The van der Waals surface area contributed by atoms with Gasteiger partial charge in [0.25, 0.3) is 0 Å². The summed E-state index contributed by atoms with van der Waals surface area (Å²) in [7, 11) is 1.75. The van der Waals surface area contributed by atoms with E-state index in [0.717, 1.165) is 58.1 Å². The Morgan fingerprint density at radius 3 is 2.52 bits per heavy atom. The number of nitrogens with one attached hydrogen (secondary N) is 2. The van der Waals surface area contributed by atoms with Crippen LogP contribution in [0.15, 0.2) is 35.3 Å².